The van der Waals surface area contributed by atoms with E-state index in [9.17, 15) is 4.79 Å². The van der Waals surface area contributed by atoms with Crippen LogP contribution in [0, 0.1) is 13.8 Å². The largest absolute Gasteiger partial charge is 0.448 e. The monoisotopic (exact) mass is 426 g/mol. The number of hydrogen-bond donors (Lipinski definition) is 0. The number of ether oxygens (including phenoxy) is 1. The standard InChI is InChI=1S/C27H26N2O3/c1-18-13-14-19(2)22(15-18)17-29-25-12-8-7-11-23(25)27(31-20(3)30)16-24(28-32-26(27)29)21-9-5-4-6-10-21/h4-15,26H,16-17H2,1-3H3/t26-,27+/m0/s1. The third-order valence-electron chi connectivity index (χ3n) is 6.32. The van der Waals surface area contributed by atoms with Crippen molar-refractivity contribution in [3.8, 4) is 0 Å². The van der Waals surface area contributed by atoms with Gasteiger partial charge in [-0.3, -0.25) is 4.79 Å². The molecule has 3 aromatic carbocycles. The zero-order valence-electron chi connectivity index (χ0n) is 18.5. The van der Waals surface area contributed by atoms with Crippen molar-refractivity contribution in [2.75, 3.05) is 4.90 Å². The minimum Gasteiger partial charge on any atom is -0.448 e. The Morgan fingerprint density at radius 3 is 2.62 bits per heavy atom. The van der Waals surface area contributed by atoms with E-state index in [0.717, 1.165) is 22.5 Å². The highest BCUT2D eigenvalue weighted by atomic mass is 16.7. The fraction of sp³-hybridized carbons (Fsp3) is 0.259. The predicted molar refractivity (Wildman–Crippen MR) is 124 cm³/mol. The fourth-order valence-corrected chi connectivity index (χ4v) is 4.82. The molecule has 0 aromatic heterocycles. The summed E-state index contributed by atoms with van der Waals surface area (Å²) in [5.41, 5.74) is 6.35. The number of fused-ring (bicyclic) bond motifs is 3. The number of carbonyl (C=O) groups excluding carboxylic acids is 1. The molecule has 5 nitrogen and oxygen atoms in total. The second-order valence-corrected chi connectivity index (χ2v) is 8.60. The Hall–Kier alpha value is -3.60. The zero-order chi connectivity index (χ0) is 22.3. The quantitative estimate of drug-likeness (QED) is 0.536. The number of benzene rings is 3. The molecule has 162 valence electrons. The molecule has 0 radical (unpaired) electrons. The molecule has 2 atom stereocenters. The van der Waals surface area contributed by atoms with Gasteiger partial charge in [0.15, 0.2) is 0 Å². The SMILES string of the molecule is CC(=O)O[C@@]12CC(c3ccccc3)=NO[C@@H]1N(Cc1cc(C)ccc1C)c1ccccc12. The van der Waals surface area contributed by atoms with Crippen LogP contribution in [0.25, 0.3) is 0 Å². The lowest BCUT2D eigenvalue weighted by molar-refractivity contribution is -0.179. The average Bonchev–Trinajstić information content (AvgIpc) is 3.05. The topological polar surface area (TPSA) is 51.1 Å². The van der Waals surface area contributed by atoms with E-state index in [0.29, 0.717) is 13.0 Å². The molecule has 0 saturated heterocycles. The van der Waals surface area contributed by atoms with E-state index in [1.807, 2.05) is 48.5 Å². The van der Waals surface area contributed by atoms with Crippen molar-refractivity contribution in [2.45, 2.75) is 45.6 Å². The number of aryl methyl sites for hydroxylation is 2. The first-order chi connectivity index (χ1) is 15.5. The van der Waals surface area contributed by atoms with Gasteiger partial charge in [0.25, 0.3) is 0 Å². The number of nitrogens with zero attached hydrogens (tertiary/aromatic N) is 2. The molecule has 2 aliphatic heterocycles. The van der Waals surface area contributed by atoms with Crippen LogP contribution in [0.2, 0.25) is 0 Å². The first-order valence-corrected chi connectivity index (χ1v) is 10.9. The van der Waals surface area contributed by atoms with Gasteiger partial charge in [-0.15, -0.1) is 0 Å². The molecule has 0 bridgehead atoms. The molecule has 0 amide bonds. The number of esters is 1. The highest BCUT2D eigenvalue weighted by Crippen LogP contribution is 2.51. The Labute approximate surface area is 188 Å². The second kappa shape index (κ2) is 7.83. The smallest absolute Gasteiger partial charge is 0.303 e. The number of oxime groups is 1. The van der Waals surface area contributed by atoms with Crippen molar-refractivity contribution in [3.05, 3.63) is 101 Å². The number of para-hydroxylation sites is 1. The molecule has 0 saturated carbocycles. The lowest BCUT2D eigenvalue weighted by Gasteiger charge is -2.39. The lowest BCUT2D eigenvalue weighted by Crippen LogP contribution is -2.51. The van der Waals surface area contributed by atoms with Crippen molar-refractivity contribution in [1.29, 1.82) is 0 Å². The maximum atomic E-state index is 12.3. The molecule has 2 aliphatic rings. The minimum atomic E-state index is -0.965. The van der Waals surface area contributed by atoms with Gasteiger partial charge >= 0.3 is 5.97 Å². The van der Waals surface area contributed by atoms with Gasteiger partial charge in [0, 0.05) is 31.1 Å². The minimum absolute atomic E-state index is 0.337. The van der Waals surface area contributed by atoms with Gasteiger partial charge in [-0.1, -0.05) is 77.4 Å². The summed E-state index contributed by atoms with van der Waals surface area (Å²) in [6.07, 6.45) is -0.0992. The van der Waals surface area contributed by atoms with Crippen LogP contribution in [0.5, 0.6) is 0 Å². The summed E-state index contributed by atoms with van der Waals surface area (Å²) in [5.74, 6) is -0.337. The Morgan fingerprint density at radius 2 is 1.84 bits per heavy atom. The molecule has 32 heavy (non-hydrogen) atoms. The van der Waals surface area contributed by atoms with Crippen LogP contribution in [0.15, 0.2) is 78.0 Å². The van der Waals surface area contributed by atoms with Crippen LogP contribution in [0.4, 0.5) is 5.69 Å². The summed E-state index contributed by atoms with van der Waals surface area (Å²) in [4.78, 5) is 20.6. The second-order valence-electron chi connectivity index (χ2n) is 8.60. The van der Waals surface area contributed by atoms with Crippen molar-refractivity contribution in [2.24, 2.45) is 5.16 Å². The van der Waals surface area contributed by atoms with E-state index in [1.165, 1.54) is 23.6 Å². The zero-order valence-corrected chi connectivity index (χ0v) is 18.5. The van der Waals surface area contributed by atoms with Crippen molar-refractivity contribution in [1.82, 2.24) is 0 Å². The van der Waals surface area contributed by atoms with Crippen LogP contribution in [0.1, 0.15) is 41.2 Å². The van der Waals surface area contributed by atoms with Crippen molar-refractivity contribution in [3.63, 3.8) is 0 Å². The van der Waals surface area contributed by atoms with E-state index in [2.05, 4.69) is 48.2 Å². The van der Waals surface area contributed by atoms with E-state index in [4.69, 9.17) is 9.57 Å². The average molecular weight is 427 g/mol. The predicted octanol–water partition coefficient (Wildman–Crippen LogP) is 5.23. The van der Waals surface area contributed by atoms with Gasteiger partial charge in [0.1, 0.15) is 0 Å². The van der Waals surface area contributed by atoms with Gasteiger partial charge in [0.2, 0.25) is 11.8 Å². The van der Waals surface area contributed by atoms with Gasteiger partial charge in [-0.2, -0.15) is 0 Å². The van der Waals surface area contributed by atoms with E-state index in [1.54, 1.807) is 0 Å². The Morgan fingerprint density at radius 1 is 1.09 bits per heavy atom. The summed E-state index contributed by atoms with van der Waals surface area (Å²) in [5, 5.41) is 4.49. The normalized spacial score (nSPS) is 21.3. The highest BCUT2D eigenvalue weighted by Gasteiger charge is 2.58. The molecule has 3 aromatic rings. The van der Waals surface area contributed by atoms with Gasteiger partial charge in [0.05, 0.1) is 5.71 Å². The lowest BCUT2D eigenvalue weighted by atomic mass is 9.86. The van der Waals surface area contributed by atoms with Crippen molar-refractivity contribution < 1.29 is 14.4 Å². The fourth-order valence-electron chi connectivity index (χ4n) is 4.82. The van der Waals surface area contributed by atoms with Gasteiger partial charge in [-0.25, -0.2) is 0 Å². The molecule has 2 heterocycles. The van der Waals surface area contributed by atoms with Crippen LogP contribution >= 0.6 is 0 Å². The van der Waals surface area contributed by atoms with E-state index >= 15 is 0 Å². The Balaban J connectivity index is 1.62. The first-order valence-electron chi connectivity index (χ1n) is 10.9. The molecule has 0 N–H and O–H groups in total. The summed E-state index contributed by atoms with van der Waals surface area (Å²) < 4.78 is 6.12. The molecule has 0 aliphatic carbocycles. The maximum Gasteiger partial charge on any atom is 0.303 e. The number of anilines is 1. The maximum absolute atomic E-state index is 12.3. The third kappa shape index (κ3) is 3.34. The number of rotatable bonds is 4. The summed E-state index contributed by atoms with van der Waals surface area (Å²) in [7, 11) is 0. The molecule has 5 heteroatoms. The van der Waals surface area contributed by atoms with Crippen LogP contribution < -0.4 is 4.90 Å². The number of hydrogen-bond acceptors (Lipinski definition) is 5. The van der Waals surface area contributed by atoms with E-state index in [-0.39, 0.29) is 5.97 Å². The van der Waals surface area contributed by atoms with E-state index < -0.39 is 11.8 Å². The van der Waals surface area contributed by atoms with Gasteiger partial charge < -0.3 is 14.5 Å². The van der Waals surface area contributed by atoms with Crippen LogP contribution in [-0.2, 0) is 26.5 Å². The van der Waals surface area contributed by atoms with Crippen LogP contribution in [-0.4, -0.2) is 17.9 Å². The molecule has 5 rings (SSSR count). The molecule has 0 spiro atoms. The molecular weight excluding hydrogens is 400 g/mol. The van der Waals surface area contributed by atoms with Gasteiger partial charge in [-0.05, 0) is 36.6 Å². The van der Waals surface area contributed by atoms with Crippen molar-refractivity contribution >= 4 is 17.4 Å². The summed E-state index contributed by atoms with van der Waals surface area (Å²) >= 11 is 0. The number of carbonyl (C=O) groups is 1. The van der Waals surface area contributed by atoms with Crippen LogP contribution in [0.3, 0.4) is 0 Å². The third-order valence-corrected chi connectivity index (χ3v) is 6.32. The first kappa shape index (κ1) is 20.3. The molecular formula is C27H26N2O3. The highest BCUT2D eigenvalue weighted by molar-refractivity contribution is 6.02. The summed E-state index contributed by atoms with van der Waals surface area (Å²) in [6, 6.07) is 24.4. The Kier molecular flexibility index (Phi) is 4.97. The molecule has 0 fully saturated rings. The molecule has 0 unspecified atom stereocenters. The Bertz CT molecular complexity index is 1200. The summed E-state index contributed by atoms with van der Waals surface area (Å²) in [6.45, 7) is 6.30.